The molecular formula is C16H19NO2S. The van der Waals surface area contributed by atoms with Gasteiger partial charge >= 0.3 is 0 Å². The van der Waals surface area contributed by atoms with E-state index in [0.29, 0.717) is 5.75 Å². The summed E-state index contributed by atoms with van der Waals surface area (Å²) < 4.78 is 5.33. The molecule has 2 aromatic rings. The summed E-state index contributed by atoms with van der Waals surface area (Å²) in [5, 5.41) is 9.67. The molecule has 0 saturated carbocycles. The summed E-state index contributed by atoms with van der Waals surface area (Å²) in [6.07, 6.45) is 0. The van der Waals surface area contributed by atoms with E-state index >= 15 is 0 Å². The van der Waals surface area contributed by atoms with Crippen molar-refractivity contribution in [3.63, 3.8) is 0 Å². The van der Waals surface area contributed by atoms with E-state index in [2.05, 4.69) is 0 Å². The Kier molecular flexibility index (Phi) is 5.06. The molecule has 106 valence electrons. The van der Waals surface area contributed by atoms with Crippen molar-refractivity contribution in [2.24, 2.45) is 5.73 Å². The van der Waals surface area contributed by atoms with Gasteiger partial charge in [-0.05, 0) is 17.7 Å². The van der Waals surface area contributed by atoms with Gasteiger partial charge in [0.05, 0.1) is 19.3 Å². The summed E-state index contributed by atoms with van der Waals surface area (Å²) in [6, 6.07) is 17.5. The van der Waals surface area contributed by atoms with E-state index in [9.17, 15) is 5.11 Å². The predicted molar refractivity (Wildman–Crippen MR) is 83.1 cm³/mol. The van der Waals surface area contributed by atoms with Crippen LogP contribution in [-0.4, -0.2) is 24.6 Å². The highest BCUT2D eigenvalue weighted by Gasteiger charge is 2.27. The van der Waals surface area contributed by atoms with Gasteiger partial charge in [-0.2, -0.15) is 0 Å². The SMILES string of the molecule is COc1ccccc1SCC(N)(CO)c1ccccc1. The fourth-order valence-corrected chi connectivity index (χ4v) is 3.07. The van der Waals surface area contributed by atoms with Crippen LogP contribution in [0.3, 0.4) is 0 Å². The molecule has 0 aliphatic carbocycles. The molecule has 1 unspecified atom stereocenters. The minimum absolute atomic E-state index is 0.0981. The molecule has 0 fully saturated rings. The highest BCUT2D eigenvalue weighted by atomic mass is 32.2. The third kappa shape index (κ3) is 3.33. The molecule has 3 N–H and O–H groups in total. The second-order valence-corrected chi connectivity index (χ2v) is 5.64. The molecule has 1 atom stereocenters. The number of hydrogen-bond acceptors (Lipinski definition) is 4. The van der Waals surface area contributed by atoms with Crippen molar-refractivity contribution in [3.8, 4) is 5.75 Å². The average Bonchev–Trinajstić information content (AvgIpc) is 2.53. The standard InChI is InChI=1S/C16H19NO2S/c1-19-14-9-5-6-10-15(14)20-12-16(17,11-18)13-7-3-2-4-8-13/h2-10,18H,11-12,17H2,1H3. The van der Waals surface area contributed by atoms with Gasteiger partial charge in [0.2, 0.25) is 0 Å². The number of hydrogen-bond donors (Lipinski definition) is 2. The molecule has 2 aromatic carbocycles. The van der Waals surface area contributed by atoms with Crippen LogP contribution in [0.2, 0.25) is 0 Å². The number of aliphatic hydroxyl groups excluding tert-OH is 1. The summed E-state index contributed by atoms with van der Waals surface area (Å²) >= 11 is 1.59. The largest absolute Gasteiger partial charge is 0.496 e. The van der Waals surface area contributed by atoms with Gasteiger partial charge in [-0.1, -0.05) is 42.5 Å². The third-order valence-electron chi connectivity index (χ3n) is 3.19. The molecule has 0 saturated heterocycles. The molecule has 0 aliphatic rings. The highest BCUT2D eigenvalue weighted by molar-refractivity contribution is 7.99. The van der Waals surface area contributed by atoms with Gasteiger partial charge in [-0.3, -0.25) is 0 Å². The second-order valence-electron chi connectivity index (χ2n) is 4.62. The van der Waals surface area contributed by atoms with Gasteiger partial charge in [-0.15, -0.1) is 11.8 Å². The molecule has 0 bridgehead atoms. The number of rotatable bonds is 6. The Morgan fingerprint density at radius 2 is 1.75 bits per heavy atom. The van der Waals surface area contributed by atoms with Crippen LogP contribution in [0.4, 0.5) is 0 Å². The monoisotopic (exact) mass is 289 g/mol. The Bertz CT molecular complexity index is 547. The lowest BCUT2D eigenvalue weighted by atomic mass is 9.94. The van der Waals surface area contributed by atoms with Crippen molar-refractivity contribution in [2.75, 3.05) is 19.5 Å². The minimum atomic E-state index is -0.757. The Morgan fingerprint density at radius 1 is 1.10 bits per heavy atom. The molecule has 2 rings (SSSR count). The van der Waals surface area contributed by atoms with E-state index in [1.165, 1.54) is 0 Å². The zero-order valence-electron chi connectivity index (χ0n) is 11.5. The minimum Gasteiger partial charge on any atom is -0.496 e. The van der Waals surface area contributed by atoms with Crippen LogP contribution in [-0.2, 0) is 5.54 Å². The molecule has 0 radical (unpaired) electrons. The van der Waals surface area contributed by atoms with E-state index in [1.807, 2.05) is 54.6 Å². The first-order chi connectivity index (χ1) is 9.69. The van der Waals surface area contributed by atoms with Crippen LogP contribution in [0.25, 0.3) is 0 Å². The van der Waals surface area contributed by atoms with Crippen LogP contribution < -0.4 is 10.5 Å². The number of aliphatic hydroxyl groups is 1. The fraction of sp³-hybridized carbons (Fsp3) is 0.250. The normalized spacial score (nSPS) is 13.8. The summed E-state index contributed by atoms with van der Waals surface area (Å²) in [7, 11) is 1.65. The van der Waals surface area contributed by atoms with Crippen LogP contribution in [0.15, 0.2) is 59.5 Å². The molecule has 0 spiro atoms. The second kappa shape index (κ2) is 6.79. The van der Waals surface area contributed by atoms with Crippen molar-refractivity contribution < 1.29 is 9.84 Å². The van der Waals surface area contributed by atoms with Crippen LogP contribution in [0.5, 0.6) is 5.75 Å². The predicted octanol–water partition coefficient (Wildman–Crippen LogP) is 2.63. The third-order valence-corrected chi connectivity index (χ3v) is 4.49. The summed E-state index contributed by atoms with van der Waals surface area (Å²) in [6.45, 7) is -0.0981. The van der Waals surface area contributed by atoms with E-state index < -0.39 is 5.54 Å². The van der Waals surface area contributed by atoms with Crippen LogP contribution in [0, 0.1) is 0 Å². The van der Waals surface area contributed by atoms with Crippen molar-refractivity contribution in [2.45, 2.75) is 10.4 Å². The Morgan fingerprint density at radius 3 is 2.40 bits per heavy atom. The first-order valence-electron chi connectivity index (χ1n) is 6.41. The number of thioether (sulfide) groups is 1. The lowest BCUT2D eigenvalue weighted by Gasteiger charge is -2.27. The van der Waals surface area contributed by atoms with Crippen molar-refractivity contribution in [1.29, 1.82) is 0 Å². The molecule has 3 nitrogen and oxygen atoms in total. The quantitative estimate of drug-likeness (QED) is 0.803. The summed E-state index contributed by atoms with van der Waals surface area (Å²) in [4.78, 5) is 1.02. The molecule has 4 heteroatoms. The van der Waals surface area contributed by atoms with Gasteiger partial charge in [0.25, 0.3) is 0 Å². The summed E-state index contributed by atoms with van der Waals surface area (Å²) in [5.41, 5.74) is 6.52. The first-order valence-corrected chi connectivity index (χ1v) is 7.39. The van der Waals surface area contributed by atoms with Gasteiger partial charge in [0, 0.05) is 10.6 Å². The van der Waals surface area contributed by atoms with Gasteiger partial charge in [0.15, 0.2) is 0 Å². The van der Waals surface area contributed by atoms with Crippen molar-refractivity contribution in [1.82, 2.24) is 0 Å². The Hall–Kier alpha value is -1.49. The number of ether oxygens (including phenoxy) is 1. The number of para-hydroxylation sites is 1. The molecule has 0 heterocycles. The lowest BCUT2D eigenvalue weighted by Crippen LogP contribution is -2.43. The summed E-state index contributed by atoms with van der Waals surface area (Å²) in [5.74, 6) is 1.40. The van der Waals surface area contributed by atoms with E-state index in [1.54, 1.807) is 18.9 Å². The number of benzene rings is 2. The number of methoxy groups -OCH3 is 1. The Balaban J connectivity index is 2.15. The number of nitrogens with two attached hydrogens (primary N) is 1. The zero-order chi connectivity index (χ0) is 14.4. The molecule has 20 heavy (non-hydrogen) atoms. The van der Waals surface area contributed by atoms with Crippen molar-refractivity contribution >= 4 is 11.8 Å². The smallest absolute Gasteiger partial charge is 0.132 e. The lowest BCUT2D eigenvalue weighted by molar-refractivity contribution is 0.213. The average molecular weight is 289 g/mol. The van der Waals surface area contributed by atoms with Gasteiger partial charge < -0.3 is 15.6 Å². The topological polar surface area (TPSA) is 55.5 Å². The van der Waals surface area contributed by atoms with E-state index in [0.717, 1.165) is 16.2 Å². The van der Waals surface area contributed by atoms with Crippen molar-refractivity contribution in [3.05, 3.63) is 60.2 Å². The maximum Gasteiger partial charge on any atom is 0.132 e. The highest BCUT2D eigenvalue weighted by Crippen LogP contribution is 2.33. The molecule has 0 aromatic heterocycles. The van der Waals surface area contributed by atoms with E-state index in [4.69, 9.17) is 10.5 Å². The molecule has 0 amide bonds. The first kappa shape index (κ1) is 14.9. The maximum atomic E-state index is 9.67. The van der Waals surface area contributed by atoms with Crippen LogP contribution in [0.1, 0.15) is 5.56 Å². The maximum absolute atomic E-state index is 9.67. The Labute approximate surface area is 123 Å². The van der Waals surface area contributed by atoms with E-state index in [-0.39, 0.29) is 6.61 Å². The van der Waals surface area contributed by atoms with Crippen LogP contribution >= 0.6 is 11.8 Å². The van der Waals surface area contributed by atoms with Gasteiger partial charge in [0.1, 0.15) is 5.75 Å². The zero-order valence-corrected chi connectivity index (χ0v) is 12.3. The fourth-order valence-electron chi connectivity index (χ4n) is 1.93. The molecular weight excluding hydrogens is 270 g/mol. The van der Waals surface area contributed by atoms with Gasteiger partial charge in [-0.25, -0.2) is 0 Å². The molecule has 0 aliphatic heterocycles.